The highest BCUT2D eigenvalue weighted by molar-refractivity contribution is 7.26. The predicted molar refractivity (Wildman–Crippen MR) is 181 cm³/mol. The molecular weight excluding hydrogens is 531 g/mol. The van der Waals surface area contributed by atoms with Crippen LogP contribution >= 0.6 is 11.3 Å². The van der Waals surface area contributed by atoms with Gasteiger partial charge in [0.05, 0.1) is 0 Å². The van der Waals surface area contributed by atoms with Gasteiger partial charge in [-0.25, -0.2) is 15.0 Å². The summed E-state index contributed by atoms with van der Waals surface area (Å²) in [5.74, 6) is 4.99. The van der Waals surface area contributed by atoms with Gasteiger partial charge in [-0.3, -0.25) is 0 Å². The molecule has 0 radical (unpaired) electrons. The fourth-order valence-corrected chi connectivity index (χ4v) is 7.18. The quantitative estimate of drug-likeness (QED) is 0.129. The van der Waals surface area contributed by atoms with Crippen molar-refractivity contribution in [3.05, 3.63) is 95.3 Å². The van der Waals surface area contributed by atoms with E-state index in [1.807, 2.05) is 17.4 Å². The van der Waals surface area contributed by atoms with E-state index in [1.165, 1.54) is 67.9 Å². The Hall–Kier alpha value is -4.33. The van der Waals surface area contributed by atoms with Crippen LogP contribution in [0.4, 0.5) is 0 Å². The number of aryl methyl sites for hydroxylation is 3. The molecule has 0 spiro atoms. The lowest BCUT2D eigenvalue weighted by atomic mass is 9.97. The molecule has 0 bridgehead atoms. The molecule has 0 fully saturated rings. The highest BCUT2D eigenvalue weighted by Gasteiger charge is 2.19. The zero-order valence-corrected chi connectivity index (χ0v) is 25.4. The number of terminal acetylenes is 1. The third kappa shape index (κ3) is 5.33. The molecule has 6 rings (SSSR count). The van der Waals surface area contributed by atoms with Crippen molar-refractivity contribution in [2.75, 3.05) is 0 Å². The number of allylic oxidation sites excluding steroid dienone is 1. The van der Waals surface area contributed by atoms with Gasteiger partial charge in [0.2, 0.25) is 0 Å². The van der Waals surface area contributed by atoms with E-state index in [2.05, 4.69) is 93.4 Å². The number of rotatable bonds is 9. The van der Waals surface area contributed by atoms with Crippen LogP contribution in [0.5, 0.6) is 0 Å². The SMILES string of the molecule is C#C/C=C\c1c(C)cc2c(sc3cccc(-c4nc(CCCCCCC)nc(-c5cccc6ccccc56)n4)c32)c1C. The van der Waals surface area contributed by atoms with Crippen molar-refractivity contribution in [3.63, 3.8) is 0 Å². The van der Waals surface area contributed by atoms with Gasteiger partial charge in [-0.2, -0.15) is 0 Å². The van der Waals surface area contributed by atoms with Gasteiger partial charge in [0.25, 0.3) is 0 Å². The van der Waals surface area contributed by atoms with Crippen LogP contribution in [-0.2, 0) is 6.42 Å². The molecule has 2 heterocycles. The molecular formula is C38H35N3S. The van der Waals surface area contributed by atoms with Crippen LogP contribution in [0.25, 0.3) is 59.8 Å². The molecule has 6 aromatic rings. The van der Waals surface area contributed by atoms with Gasteiger partial charge in [-0.15, -0.1) is 17.8 Å². The fourth-order valence-electron chi connectivity index (χ4n) is 5.95. The Balaban J connectivity index is 1.54. The third-order valence-corrected chi connectivity index (χ3v) is 9.38. The zero-order chi connectivity index (χ0) is 29.1. The van der Waals surface area contributed by atoms with E-state index >= 15 is 0 Å². The average Bonchev–Trinajstić information content (AvgIpc) is 3.39. The fraction of sp³-hybridized carbons (Fsp3) is 0.237. The van der Waals surface area contributed by atoms with Crippen molar-refractivity contribution in [1.82, 2.24) is 15.0 Å². The molecule has 0 aliphatic heterocycles. The van der Waals surface area contributed by atoms with Gasteiger partial charge in [-0.1, -0.05) is 93.1 Å². The van der Waals surface area contributed by atoms with Crippen LogP contribution in [0, 0.1) is 26.2 Å². The van der Waals surface area contributed by atoms with E-state index < -0.39 is 0 Å². The Kier molecular flexibility index (Phi) is 8.13. The molecule has 0 aliphatic rings. The van der Waals surface area contributed by atoms with Gasteiger partial charge < -0.3 is 0 Å². The number of thiophene rings is 1. The molecule has 208 valence electrons. The Morgan fingerprint density at radius 2 is 1.55 bits per heavy atom. The highest BCUT2D eigenvalue weighted by Crippen LogP contribution is 2.42. The molecule has 0 amide bonds. The van der Waals surface area contributed by atoms with E-state index in [-0.39, 0.29) is 0 Å². The van der Waals surface area contributed by atoms with Crippen molar-refractivity contribution < 1.29 is 0 Å². The van der Waals surface area contributed by atoms with E-state index in [0.29, 0.717) is 0 Å². The molecule has 4 aromatic carbocycles. The van der Waals surface area contributed by atoms with Crippen molar-refractivity contribution in [2.45, 2.75) is 59.3 Å². The zero-order valence-electron chi connectivity index (χ0n) is 24.6. The Labute approximate surface area is 252 Å². The standard InChI is InChI=1S/C38H35N3S/c1-5-7-9-10-11-23-34-39-37(30-20-14-17-27-16-12-13-19-29(27)30)41-38(40-34)31-21-15-22-33-35(31)32-24-25(3)28(18-8-6-2)26(4)36(32)42-33/h2,8,12-22,24H,5,7,9-11,23H2,1,3-4H3/b18-8-. The topological polar surface area (TPSA) is 38.7 Å². The molecule has 2 aromatic heterocycles. The summed E-state index contributed by atoms with van der Waals surface area (Å²) in [7, 11) is 0. The van der Waals surface area contributed by atoms with Crippen LogP contribution in [0.2, 0.25) is 0 Å². The van der Waals surface area contributed by atoms with Gasteiger partial charge in [-0.05, 0) is 72.0 Å². The highest BCUT2D eigenvalue weighted by atomic mass is 32.1. The lowest BCUT2D eigenvalue weighted by Crippen LogP contribution is -2.04. The summed E-state index contributed by atoms with van der Waals surface area (Å²) in [6.45, 7) is 6.60. The number of hydrogen-bond acceptors (Lipinski definition) is 4. The third-order valence-electron chi connectivity index (χ3n) is 8.09. The van der Waals surface area contributed by atoms with Crippen molar-refractivity contribution in [1.29, 1.82) is 0 Å². The second-order valence-electron chi connectivity index (χ2n) is 11.0. The van der Waals surface area contributed by atoms with Gasteiger partial charge in [0.1, 0.15) is 5.82 Å². The predicted octanol–water partition coefficient (Wildman–Crippen LogP) is 10.5. The summed E-state index contributed by atoms with van der Waals surface area (Å²) in [5, 5.41) is 4.79. The number of unbranched alkanes of at least 4 members (excludes halogenated alkanes) is 4. The average molecular weight is 566 g/mol. The molecule has 42 heavy (non-hydrogen) atoms. The molecule has 4 heteroatoms. The van der Waals surface area contributed by atoms with E-state index in [9.17, 15) is 0 Å². The van der Waals surface area contributed by atoms with Crippen LogP contribution < -0.4 is 0 Å². The van der Waals surface area contributed by atoms with Crippen molar-refractivity contribution >= 4 is 48.4 Å². The van der Waals surface area contributed by atoms with Crippen LogP contribution in [0.15, 0.2) is 72.8 Å². The molecule has 3 nitrogen and oxygen atoms in total. The maximum atomic E-state index is 5.53. The Morgan fingerprint density at radius 1 is 0.810 bits per heavy atom. The molecule has 0 saturated heterocycles. The van der Waals surface area contributed by atoms with E-state index in [0.717, 1.165) is 46.8 Å². The summed E-state index contributed by atoms with van der Waals surface area (Å²) in [5.41, 5.74) is 5.75. The summed E-state index contributed by atoms with van der Waals surface area (Å²) in [6.07, 6.45) is 16.2. The first-order chi connectivity index (χ1) is 20.6. The molecule has 0 saturated carbocycles. The second kappa shape index (κ2) is 12.3. The van der Waals surface area contributed by atoms with Crippen LogP contribution in [0.1, 0.15) is 61.5 Å². The number of benzene rings is 4. The van der Waals surface area contributed by atoms with Gasteiger partial charge >= 0.3 is 0 Å². The summed E-state index contributed by atoms with van der Waals surface area (Å²) in [6, 6.07) is 23.6. The van der Waals surface area contributed by atoms with Gasteiger partial charge in [0.15, 0.2) is 11.6 Å². The van der Waals surface area contributed by atoms with Crippen molar-refractivity contribution in [2.24, 2.45) is 0 Å². The Morgan fingerprint density at radius 3 is 2.38 bits per heavy atom. The van der Waals surface area contributed by atoms with Gasteiger partial charge in [0, 0.05) is 37.7 Å². The minimum Gasteiger partial charge on any atom is -0.213 e. The molecule has 0 N–H and O–H groups in total. The molecule has 0 unspecified atom stereocenters. The number of hydrogen-bond donors (Lipinski definition) is 0. The van der Waals surface area contributed by atoms with E-state index in [4.69, 9.17) is 21.4 Å². The number of nitrogens with zero attached hydrogens (tertiary/aromatic N) is 3. The summed E-state index contributed by atoms with van der Waals surface area (Å²) in [4.78, 5) is 15.3. The maximum absolute atomic E-state index is 5.53. The first-order valence-corrected chi connectivity index (χ1v) is 15.7. The number of aromatic nitrogens is 3. The molecule has 0 atom stereocenters. The largest absolute Gasteiger partial charge is 0.213 e. The normalized spacial score (nSPS) is 11.7. The maximum Gasteiger partial charge on any atom is 0.164 e. The van der Waals surface area contributed by atoms with E-state index in [1.54, 1.807) is 6.08 Å². The van der Waals surface area contributed by atoms with Crippen LogP contribution in [0.3, 0.4) is 0 Å². The molecule has 0 aliphatic carbocycles. The summed E-state index contributed by atoms with van der Waals surface area (Å²) >= 11 is 1.82. The smallest absolute Gasteiger partial charge is 0.164 e. The first kappa shape index (κ1) is 27.8. The minimum absolute atomic E-state index is 0.742. The lowest BCUT2D eigenvalue weighted by Gasteiger charge is -2.11. The Bertz CT molecular complexity index is 1990. The summed E-state index contributed by atoms with van der Waals surface area (Å²) < 4.78 is 2.51. The first-order valence-electron chi connectivity index (χ1n) is 14.9. The second-order valence-corrected chi connectivity index (χ2v) is 12.0. The van der Waals surface area contributed by atoms with Crippen molar-refractivity contribution in [3.8, 4) is 35.1 Å². The lowest BCUT2D eigenvalue weighted by molar-refractivity contribution is 0.622. The minimum atomic E-state index is 0.742. The number of fused-ring (bicyclic) bond motifs is 4. The monoisotopic (exact) mass is 565 g/mol. The van der Waals surface area contributed by atoms with Crippen LogP contribution in [-0.4, -0.2) is 15.0 Å².